The van der Waals surface area contributed by atoms with Crippen LogP contribution in [-0.2, 0) is 6.54 Å². The third kappa shape index (κ3) is 2.55. The van der Waals surface area contributed by atoms with Crippen LogP contribution in [0.5, 0.6) is 0 Å². The van der Waals surface area contributed by atoms with E-state index in [9.17, 15) is 0 Å². The Morgan fingerprint density at radius 3 is 2.78 bits per heavy atom. The molecule has 3 rings (SSSR count). The number of nitrogens with one attached hydrogen (secondary N) is 1. The van der Waals surface area contributed by atoms with Crippen LogP contribution in [0, 0.1) is 9.49 Å². The molecule has 1 fully saturated rings. The Morgan fingerprint density at radius 2 is 2.06 bits per heavy atom. The summed E-state index contributed by atoms with van der Waals surface area (Å²) in [6, 6.07) is 12.5. The molecule has 1 heterocycles. The fourth-order valence-corrected chi connectivity index (χ4v) is 2.77. The third-order valence-corrected chi connectivity index (χ3v) is 4.42. The van der Waals surface area contributed by atoms with Crippen LogP contribution in [0.25, 0.3) is 0 Å². The maximum Gasteiger partial charge on any atom is 0.123 e. The van der Waals surface area contributed by atoms with Gasteiger partial charge in [0.05, 0.1) is 6.54 Å². The van der Waals surface area contributed by atoms with E-state index in [1.54, 1.807) is 0 Å². The van der Waals surface area contributed by atoms with Gasteiger partial charge in [-0.15, -0.1) is 0 Å². The predicted molar refractivity (Wildman–Crippen MR) is 81.7 cm³/mol. The van der Waals surface area contributed by atoms with E-state index >= 15 is 0 Å². The Morgan fingerprint density at radius 1 is 1.28 bits per heavy atom. The van der Waals surface area contributed by atoms with Crippen molar-refractivity contribution in [2.75, 3.05) is 5.32 Å². The van der Waals surface area contributed by atoms with Gasteiger partial charge in [-0.25, -0.2) is 0 Å². The van der Waals surface area contributed by atoms with Crippen molar-refractivity contribution in [3.8, 4) is 0 Å². The van der Waals surface area contributed by atoms with Crippen LogP contribution in [0.2, 0.25) is 0 Å². The molecular formula is C15H16INO. The van der Waals surface area contributed by atoms with E-state index in [2.05, 4.69) is 59.1 Å². The second-order valence-corrected chi connectivity index (χ2v) is 6.12. The normalized spacial score (nSPS) is 21.9. The van der Waals surface area contributed by atoms with E-state index < -0.39 is 0 Å². The van der Waals surface area contributed by atoms with Crippen molar-refractivity contribution in [2.24, 2.45) is 5.92 Å². The van der Waals surface area contributed by atoms with Crippen molar-refractivity contribution in [2.45, 2.75) is 25.8 Å². The monoisotopic (exact) mass is 353 g/mol. The molecule has 0 spiro atoms. The molecular weight excluding hydrogens is 337 g/mol. The average molecular weight is 353 g/mol. The van der Waals surface area contributed by atoms with Gasteiger partial charge in [0.15, 0.2) is 0 Å². The van der Waals surface area contributed by atoms with Gasteiger partial charge in [-0.05, 0) is 59.2 Å². The Kier molecular flexibility index (Phi) is 3.33. The SMILES string of the molecule is CC1CC1c1ccc(CNc2ccccc2I)o1. The smallest absolute Gasteiger partial charge is 0.123 e. The van der Waals surface area contributed by atoms with Crippen LogP contribution in [-0.4, -0.2) is 0 Å². The summed E-state index contributed by atoms with van der Waals surface area (Å²) in [5, 5.41) is 3.41. The molecule has 0 saturated heterocycles. The molecule has 1 N–H and O–H groups in total. The summed E-state index contributed by atoms with van der Waals surface area (Å²) < 4.78 is 7.11. The maximum atomic E-state index is 5.87. The molecule has 1 aromatic heterocycles. The molecule has 3 heteroatoms. The van der Waals surface area contributed by atoms with E-state index in [0.717, 1.165) is 29.7 Å². The van der Waals surface area contributed by atoms with Gasteiger partial charge in [0.1, 0.15) is 11.5 Å². The summed E-state index contributed by atoms with van der Waals surface area (Å²) in [7, 11) is 0. The molecule has 0 radical (unpaired) electrons. The van der Waals surface area contributed by atoms with Gasteiger partial charge >= 0.3 is 0 Å². The Balaban J connectivity index is 1.63. The molecule has 1 aromatic carbocycles. The second-order valence-electron chi connectivity index (χ2n) is 4.96. The number of rotatable bonds is 4. The van der Waals surface area contributed by atoms with Gasteiger partial charge in [0, 0.05) is 15.2 Å². The van der Waals surface area contributed by atoms with Gasteiger partial charge in [0.25, 0.3) is 0 Å². The highest BCUT2D eigenvalue weighted by atomic mass is 127. The second kappa shape index (κ2) is 4.96. The van der Waals surface area contributed by atoms with Crippen molar-refractivity contribution >= 4 is 28.3 Å². The van der Waals surface area contributed by atoms with E-state index in [0.29, 0.717) is 5.92 Å². The van der Waals surface area contributed by atoms with E-state index in [1.807, 2.05) is 12.1 Å². The van der Waals surface area contributed by atoms with Crippen LogP contribution in [0.4, 0.5) is 5.69 Å². The first-order valence-electron chi connectivity index (χ1n) is 6.31. The minimum atomic E-state index is 0.663. The zero-order valence-electron chi connectivity index (χ0n) is 10.3. The van der Waals surface area contributed by atoms with Gasteiger partial charge in [0.2, 0.25) is 0 Å². The summed E-state index contributed by atoms with van der Waals surface area (Å²) in [6.07, 6.45) is 1.27. The highest BCUT2D eigenvalue weighted by molar-refractivity contribution is 14.1. The molecule has 2 aromatic rings. The van der Waals surface area contributed by atoms with Crippen LogP contribution >= 0.6 is 22.6 Å². The highest BCUT2D eigenvalue weighted by Gasteiger charge is 2.36. The molecule has 0 amide bonds. The van der Waals surface area contributed by atoms with E-state index in [-0.39, 0.29) is 0 Å². The summed E-state index contributed by atoms with van der Waals surface area (Å²) in [5.74, 6) is 3.63. The topological polar surface area (TPSA) is 25.2 Å². The van der Waals surface area contributed by atoms with Gasteiger partial charge in [-0.2, -0.15) is 0 Å². The van der Waals surface area contributed by atoms with E-state index in [1.165, 1.54) is 9.99 Å². The van der Waals surface area contributed by atoms with Crippen molar-refractivity contribution in [1.29, 1.82) is 0 Å². The van der Waals surface area contributed by atoms with Crippen molar-refractivity contribution in [1.82, 2.24) is 0 Å². The number of furan rings is 1. The fourth-order valence-electron chi connectivity index (χ4n) is 2.19. The zero-order valence-corrected chi connectivity index (χ0v) is 12.5. The van der Waals surface area contributed by atoms with Crippen molar-refractivity contribution in [3.05, 3.63) is 51.5 Å². The first kappa shape index (κ1) is 12.1. The average Bonchev–Trinajstić information content (AvgIpc) is 2.91. The third-order valence-electron chi connectivity index (χ3n) is 3.48. The van der Waals surface area contributed by atoms with Crippen LogP contribution in [0.3, 0.4) is 0 Å². The Hall–Kier alpha value is -0.970. The highest BCUT2D eigenvalue weighted by Crippen LogP contribution is 2.47. The van der Waals surface area contributed by atoms with Crippen molar-refractivity contribution < 1.29 is 4.42 Å². The van der Waals surface area contributed by atoms with Gasteiger partial charge in [-0.3, -0.25) is 0 Å². The number of para-hydroxylation sites is 1. The van der Waals surface area contributed by atoms with Crippen LogP contribution < -0.4 is 5.32 Å². The molecule has 2 unspecified atom stereocenters. The Labute approximate surface area is 121 Å². The lowest BCUT2D eigenvalue weighted by Crippen LogP contribution is -1.99. The zero-order chi connectivity index (χ0) is 12.5. The predicted octanol–water partition coefficient (Wildman–Crippen LogP) is 4.62. The minimum Gasteiger partial charge on any atom is -0.464 e. The number of hydrogen-bond donors (Lipinski definition) is 1. The minimum absolute atomic E-state index is 0.663. The quantitative estimate of drug-likeness (QED) is 0.812. The lowest BCUT2D eigenvalue weighted by atomic mass is 10.3. The van der Waals surface area contributed by atoms with Crippen molar-refractivity contribution in [3.63, 3.8) is 0 Å². The van der Waals surface area contributed by atoms with Gasteiger partial charge < -0.3 is 9.73 Å². The molecule has 0 aliphatic heterocycles. The first-order valence-corrected chi connectivity index (χ1v) is 7.39. The summed E-state index contributed by atoms with van der Waals surface area (Å²) >= 11 is 2.34. The molecule has 0 bridgehead atoms. The fraction of sp³-hybridized carbons (Fsp3) is 0.333. The van der Waals surface area contributed by atoms with Crippen LogP contribution in [0.15, 0.2) is 40.8 Å². The van der Waals surface area contributed by atoms with Crippen LogP contribution in [0.1, 0.15) is 30.8 Å². The summed E-state index contributed by atoms with van der Waals surface area (Å²) in [5.41, 5.74) is 1.16. The largest absolute Gasteiger partial charge is 0.464 e. The lowest BCUT2D eigenvalue weighted by Gasteiger charge is -2.06. The summed E-state index contributed by atoms with van der Waals surface area (Å²) in [6.45, 7) is 3.03. The Bertz CT molecular complexity index is 549. The van der Waals surface area contributed by atoms with E-state index in [4.69, 9.17) is 4.42 Å². The lowest BCUT2D eigenvalue weighted by molar-refractivity contribution is 0.468. The summed E-state index contributed by atoms with van der Waals surface area (Å²) in [4.78, 5) is 0. The molecule has 2 atom stereocenters. The van der Waals surface area contributed by atoms with Gasteiger partial charge in [-0.1, -0.05) is 19.1 Å². The molecule has 18 heavy (non-hydrogen) atoms. The molecule has 94 valence electrons. The molecule has 1 aliphatic carbocycles. The standard InChI is InChI=1S/C15H16INO/c1-10-8-12(10)15-7-6-11(18-15)9-17-14-5-3-2-4-13(14)16/h2-7,10,12,17H,8-9H2,1H3. The number of benzene rings is 1. The number of anilines is 1. The number of halogens is 1. The number of hydrogen-bond acceptors (Lipinski definition) is 2. The molecule has 1 saturated carbocycles. The molecule has 2 nitrogen and oxygen atoms in total. The first-order chi connectivity index (χ1) is 8.74. The molecule has 1 aliphatic rings. The maximum absolute atomic E-state index is 5.87.